The Balaban J connectivity index is 1.34. The predicted molar refractivity (Wildman–Crippen MR) is 142 cm³/mol. The molecular weight excluding hydrogens is 522 g/mol. The van der Waals surface area contributed by atoms with Gasteiger partial charge in [-0.05, 0) is 25.0 Å². The van der Waals surface area contributed by atoms with Crippen LogP contribution >= 0.6 is 0 Å². The fourth-order valence-corrected chi connectivity index (χ4v) is 5.05. The van der Waals surface area contributed by atoms with Gasteiger partial charge in [-0.2, -0.15) is 0 Å². The number of rotatable bonds is 11. The van der Waals surface area contributed by atoms with Crippen LogP contribution in [0, 0.1) is 0 Å². The van der Waals surface area contributed by atoms with Crippen molar-refractivity contribution in [3.05, 3.63) is 36.4 Å². The van der Waals surface area contributed by atoms with Gasteiger partial charge in [-0.25, -0.2) is 15.0 Å². The second-order valence-corrected chi connectivity index (χ2v) is 9.65. The molecule has 14 heteroatoms. The van der Waals surface area contributed by atoms with Gasteiger partial charge in [-0.3, -0.25) is 14.2 Å². The SMILES string of the molecule is COc1cc(OC)cc(C(=O)N[C@@H]2[C@H](O)[C@@H](CO)O[C@H]2n2cnc3c(NCCCN4CCCC4=O)ncnc32)c1. The molecular formula is C26H33N7O7. The van der Waals surface area contributed by atoms with Crippen molar-refractivity contribution in [3.63, 3.8) is 0 Å². The maximum absolute atomic E-state index is 13.2. The van der Waals surface area contributed by atoms with E-state index < -0.39 is 37.0 Å². The number of amides is 2. The second-order valence-electron chi connectivity index (χ2n) is 9.65. The maximum Gasteiger partial charge on any atom is 0.252 e. The fourth-order valence-electron chi connectivity index (χ4n) is 5.05. The van der Waals surface area contributed by atoms with Gasteiger partial charge in [-0.1, -0.05) is 0 Å². The largest absolute Gasteiger partial charge is 0.497 e. The number of methoxy groups -OCH3 is 2. The molecule has 4 atom stereocenters. The smallest absolute Gasteiger partial charge is 0.252 e. The molecule has 1 aromatic carbocycles. The summed E-state index contributed by atoms with van der Waals surface area (Å²) in [5, 5.41) is 26.8. The average molecular weight is 556 g/mol. The van der Waals surface area contributed by atoms with Crippen molar-refractivity contribution in [1.82, 2.24) is 29.7 Å². The molecule has 3 aromatic rings. The number of carbonyl (C=O) groups excluding carboxylic acids is 2. The molecule has 0 spiro atoms. The van der Waals surface area contributed by atoms with Gasteiger partial charge in [0, 0.05) is 37.7 Å². The molecule has 2 saturated heterocycles. The van der Waals surface area contributed by atoms with Gasteiger partial charge in [-0.15, -0.1) is 0 Å². The van der Waals surface area contributed by atoms with E-state index in [0.717, 1.165) is 19.4 Å². The molecule has 0 aliphatic carbocycles. The average Bonchev–Trinajstić information content (AvgIpc) is 3.68. The van der Waals surface area contributed by atoms with Crippen molar-refractivity contribution in [2.75, 3.05) is 45.8 Å². The quantitative estimate of drug-likeness (QED) is 0.240. The van der Waals surface area contributed by atoms with Crippen LogP contribution in [0.5, 0.6) is 11.5 Å². The van der Waals surface area contributed by atoms with Crippen LogP contribution in [0.2, 0.25) is 0 Å². The highest BCUT2D eigenvalue weighted by Crippen LogP contribution is 2.33. The lowest BCUT2D eigenvalue weighted by Crippen LogP contribution is -2.46. The summed E-state index contributed by atoms with van der Waals surface area (Å²) in [4.78, 5) is 40.1. The highest BCUT2D eigenvalue weighted by Gasteiger charge is 2.46. The van der Waals surface area contributed by atoms with Gasteiger partial charge in [0.1, 0.15) is 36.1 Å². The van der Waals surface area contributed by atoms with Crippen LogP contribution < -0.4 is 20.1 Å². The predicted octanol–water partition coefficient (Wildman–Crippen LogP) is 0.317. The standard InChI is InChI=1S/C26H33N7O7/c1-38-16-9-15(10-17(11-16)39-2)25(37)31-20-22(36)18(12-34)40-26(20)33-14-30-21-23(28-13-29-24(21)33)27-6-4-8-32-7-3-5-19(32)35/h9-11,13-14,18,20,22,26,34,36H,3-8,12H2,1-2H3,(H,31,37)(H,27,28,29)/t18-,20-,22-,26-/m1/s1. The number of fused-ring (bicyclic) bond motifs is 1. The summed E-state index contributed by atoms with van der Waals surface area (Å²) in [6, 6.07) is 3.80. The first-order valence-corrected chi connectivity index (χ1v) is 13.1. The number of nitrogens with one attached hydrogen (secondary N) is 2. The minimum Gasteiger partial charge on any atom is -0.497 e. The Kier molecular flexibility index (Phi) is 8.28. The zero-order valence-electron chi connectivity index (χ0n) is 22.3. The van der Waals surface area contributed by atoms with E-state index in [9.17, 15) is 19.8 Å². The van der Waals surface area contributed by atoms with Crippen molar-refractivity contribution in [1.29, 1.82) is 0 Å². The summed E-state index contributed by atoms with van der Waals surface area (Å²) in [6.45, 7) is 1.60. The Hall–Kier alpha value is -4.01. The Bertz CT molecular complexity index is 1340. The molecule has 0 saturated carbocycles. The number of carbonyl (C=O) groups is 2. The van der Waals surface area contributed by atoms with Gasteiger partial charge in [0.15, 0.2) is 23.2 Å². The van der Waals surface area contributed by atoms with Gasteiger partial charge < -0.3 is 40.0 Å². The van der Waals surface area contributed by atoms with E-state index in [1.807, 2.05) is 4.90 Å². The van der Waals surface area contributed by atoms with Crippen LogP contribution in [-0.2, 0) is 9.53 Å². The van der Waals surface area contributed by atoms with Crippen molar-refractivity contribution >= 4 is 28.8 Å². The number of likely N-dealkylation sites (tertiary alicyclic amines) is 1. The molecule has 2 fully saturated rings. The Morgan fingerprint density at radius 2 is 1.95 bits per heavy atom. The molecule has 214 valence electrons. The molecule has 40 heavy (non-hydrogen) atoms. The summed E-state index contributed by atoms with van der Waals surface area (Å²) in [5.41, 5.74) is 1.16. The van der Waals surface area contributed by atoms with Crippen LogP contribution in [0.25, 0.3) is 11.2 Å². The number of anilines is 1. The summed E-state index contributed by atoms with van der Waals surface area (Å²) in [6.07, 6.45) is 2.07. The van der Waals surface area contributed by atoms with Gasteiger partial charge in [0.2, 0.25) is 5.91 Å². The van der Waals surface area contributed by atoms with Gasteiger partial charge >= 0.3 is 0 Å². The molecule has 2 aromatic heterocycles. The van der Waals surface area contributed by atoms with E-state index in [1.165, 1.54) is 26.9 Å². The molecule has 2 amide bonds. The zero-order valence-corrected chi connectivity index (χ0v) is 22.3. The van der Waals surface area contributed by atoms with Gasteiger partial charge in [0.25, 0.3) is 5.91 Å². The molecule has 5 rings (SSSR count). The van der Waals surface area contributed by atoms with E-state index in [2.05, 4.69) is 25.6 Å². The van der Waals surface area contributed by atoms with Crippen molar-refractivity contribution in [3.8, 4) is 11.5 Å². The normalized spacial score (nSPS) is 22.6. The number of hydrogen-bond donors (Lipinski definition) is 4. The van der Waals surface area contributed by atoms with Crippen LogP contribution in [0.15, 0.2) is 30.9 Å². The molecule has 0 unspecified atom stereocenters. The first kappa shape index (κ1) is 27.6. The second kappa shape index (κ2) is 12.0. The minimum absolute atomic E-state index is 0.190. The number of aliphatic hydroxyl groups is 2. The van der Waals surface area contributed by atoms with Crippen LogP contribution in [0.3, 0.4) is 0 Å². The lowest BCUT2D eigenvalue weighted by Gasteiger charge is -2.23. The summed E-state index contributed by atoms with van der Waals surface area (Å²) >= 11 is 0. The third kappa shape index (κ3) is 5.50. The molecule has 4 N–H and O–H groups in total. The number of benzene rings is 1. The lowest BCUT2D eigenvalue weighted by molar-refractivity contribution is -0.127. The van der Waals surface area contributed by atoms with Crippen LogP contribution in [-0.4, -0.2) is 105 Å². The van der Waals surface area contributed by atoms with Crippen LogP contribution in [0.1, 0.15) is 35.8 Å². The Morgan fingerprint density at radius 1 is 1.18 bits per heavy atom. The van der Waals surface area contributed by atoms with E-state index in [0.29, 0.717) is 48.0 Å². The lowest BCUT2D eigenvalue weighted by atomic mass is 10.1. The molecule has 0 bridgehead atoms. The first-order valence-electron chi connectivity index (χ1n) is 13.1. The molecule has 2 aliphatic rings. The monoisotopic (exact) mass is 555 g/mol. The number of aliphatic hydroxyl groups excluding tert-OH is 2. The maximum atomic E-state index is 13.2. The minimum atomic E-state index is -1.21. The number of nitrogens with zero attached hydrogens (tertiary/aromatic N) is 5. The van der Waals surface area contributed by atoms with E-state index in [4.69, 9.17) is 14.2 Å². The highest BCUT2D eigenvalue weighted by atomic mass is 16.5. The van der Waals surface area contributed by atoms with E-state index in [1.54, 1.807) is 22.8 Å². The Labute approximate surface area is 230 Å². The number of hydrogen-bond acceptors (Lipinski definition) is 11. The fraction of sp³-hybridized carbons (Fsp3) is 0.500. The van der Waals surface area contributed by atoms with Gasteiger partial charge in [0.05, 0.1) is 27.2 Å². The van der Waals surface area contributed by atoms with E-state index >= 15 is 0 Å². The van der Waals surface area contributed by atoms with E-state index in [-0.39, 0.29) is 11.5 Å². The first-order chi connectivity index (χ1) is 19.4. The van der Waals surface area contributed by atoms with Crippen LogP contribution in [0.4, 0.5) is 5.82 Å². The summed E-state index contributed by atoms with van der Waals surface area (Å²) < 4.78 is 18.1. The highest BCUT2D eigenvalue weighted by molar-refractivity contribution is 5.95. The summed E-state index contributed by atoms with van der Waals surface area (Å²) in [5.74, 6) is 1.07. The topological polar surface area (TPSA) is 173 Å². The zero-order chi connectivity index (χ0) is 28.2. The molecule has 14 nitrogen and oxygen atoms in total. The molecule has 4 heterocycles. The summed E-state index contributed by atoms with van der Waals surface area (Å²) in [7, 11) is 2.97. The molecule has 2 aliphatic heterocycles. The number of aromatic nitrogens is 4. The Morgan fingerprint density at radius 3 is 2.62 bits per heavy atom. The number of ether oxygens (including phenoxy) is 3. The van der Waals surface area contributed by atoms with Crippen molar-refractivity contribution in [2.24, 2.45) is 0 Å². The third-order valence-corrected chi connectivity index (χ3v) is 7.16. The third-order valence-electron chi connectivity index (χ3n) is 7.16. The van der Waals surface area contributed by atoms with Crippen molar-refractivity contribution < 1.29 is 34.0 Å². The van der Waals surface area contributed by atoms with Crippen molar-refractivity contribution in [2.45, 2.75) is 43.7 Å². The number of imidazole rings is 1. The molecule has 0 radical (unpaired) electrons.